The lowest BCUT2D eigenvalue weighted by molar-refractivity contribution is 0.127. The Hall–Kier alpha value is -1.31. The van der Waals surface area contributed by atoms with E-state index < -0.39 is 6.10 Å². The molecule has 17 heavy (non-hydrogen) atoms. The van der Waals surface area contributed by atoms with Crippen LogP contribution in [0.1, 0.15) is 34.9 Å². The van der Waals surface area contributed by atoms with E-state index in [0.717, 1.165) is 10.7 Å². The highest BCUT2D eigenvalue weighted by Crippen LogP contribution is 2.15. The number of aromatic nitrogens is 3. The van der Waals surface area contributed by atoms with Gasteiger partial charge >= 0.3 is 0 Å². The summed E-state index contributed by atoms with van der Waals surface area (Å²) in [6, 6.07) is 0. The maximum atomic E-state index is 9.61. The molecule has 1 atom stereocenters. The first-order chi connectivity index (χ1) is 8.19. The Bertz CT molecular complexity index is 482. The molecular formula is C10H14N4O2S. The van der Waals surface area contributed by atoms with Gasteiger partial charge in [-0.15, -0.1) is 11.3 Å². The first-order valence-electron chi connectivity index (χ1n) is 5.30. The van der Waals surface area contributed by atoms with Gasteiger partial charge in [0.05, 0.1) is 17.1 Å². The zero-order valence-corrected chi connectivity index (χ0v) is 10.3. The number of hydrogen-bond donors (Lipinski definition) is 2. The van der Waals surface area contributed by atoms with Crippen molar-refractivity contribution in [3.8, 4) is 0 Å². The van der Waals surface area contributed by atoms with E-state index in [4.69, 9.17) is 10.3 Å². The topological polar surface area (TPSA) is 98.1 Å². The van der Waals surface area contributed by atoms with Crippen LogP contribution in [0.4, 0.5) is 0 Å². The minimum atomic E-state index is -0.779. The summed E-state index contributed by atoms with van der Waals surface area (Å²) in [6.07, 6.45) is 0.152. The molecule has 0 aliphatic rings. The fourth-order valence-corrected chi connectivity index (χ4v) is 2.02. The second kappa shape index (κ2) is 5.35. The van der Waals surface area contributed by atoms with E-state index in [1.54, 1.807) is 11.3 Å². The van der Waals surface area contributed by atoms with Crippen LogP contribution >= 0.6 is 11.3 Å². The van der Waals surface area contributed by atoms with Crippen molar-refractivity contribution in [1.29, 1.82) is 0 Å². The SMILES string of the molecule is Cc1nc(Cc2noc(C(O)CCN)n2)cs1. The molecule has 0 bridgehead atoms. The summed E-state index contributed by atoms with van der Waals surface area (Å²) in [5.41, 5.74) is 6.25. The minimum Gasteiger partial charge on any atom is -0.383 e. The highest BCUT2D eigenvalue weighted by atomic mass is 32.1. The third-order valence-corrected chi connectivity index (χ3v) is 3.04. The minimum absolute atomic E-state index is 0.220. The molecule has 6 nitrogen and oxygen atoms in total. The lowest BCUT2D eigenvalue weighted by atomic mass is 10.2. The van der Waals surface area contributed by atoms with Crippen molar-refractivity contribution >= 4 is 11.3 Å². The number of nitrogens with zero attached hydrogens (tertiary/aromatic N) is 3. The molecule has 0 spiro atoms. The van der Waals surface area contributed by atoms with Gasteiger partial charge in [-0.25, -0.2) is 4.98 Å². The molecule has 2 aromatic heterocycles. The van der Waals surface area contributed by atoms with E-state index in [1.165, 1.54) is 0 Å². The van der Waals surface area contributed by atoms with Crippen molar-refractivity contribution in [1.82, 2.24) is 15.1 Å². The van der Waals surface area contributed by atoms with Gasteiger partial charge in [0.25, 0.3) is 5.89 Å². The highest BCUT2D eigenvalue weighted by molar-refractivity contribution is 7.09. The molecule has 7 heteroatoms. The van der Waals surface area contributed by atoms with E-state index in [9.17, 15) is 5.11 Å². The molecule has 0 fully saturated rings. The van der Waals surface area contributed by atoms with Crippen molar-refractivity contribution in [2.75, 3.05) is 6.54 Å². The van der Waals surface area contributed by atoms with Crippen molar-refractivity contribution in [3.05, 3.63) is 27.8 Å². The molecule has 0 aliphatic heterocycles. The van der Waals surface area contributed by atoms with Crippen LogP contribution in [0, 0.1) is 6.92 Å². The average molecular weight is 254 g/mol. The maximum absolute atomic E-state index is 9.61. The van der Waals surface area contributed by atoms with E-state index in [1.807, 2.05) is 12.3 Å². The molecule has 2 aromatic rings. The Morgan fingerprint density at radius 3 is 3.00 bits per heavy atom. The molecule has 0 aliphatic carbocycles. The summed E-state index contributed by atoms with van der Waals surface area (Å²) in [7, 11) is 0. The van der Waals surface area contributed by atoms with Gasteiger partial charge in [0.2, 0.25) is 0 Å². The molecule has 92 valence electrons. The van der Waals surface area contributed by atoms with Gasteiger partial charge in [0, 0.05) is 5.38 Å². The van der Waals surface area contributed by atoms with E-state index in [0.29, 0.717) is 25.2 Å². The summed E-state index contributed by atoms with van der Waals surface area (Å²) < 4.78 is 4.97. The van der Waals surface area contributed by atoms with Crippen LogP contribution in [0.15, 0.2) is 9.90 Å². The molecular weight excluding hydrogens is 240 g/mol. The summed E-state index contributed by atoms with van der Waals surface area (Å²) in [4.78, 5) is 8.43. The first-order valence-corrected chi connectivity index (χ1v) is 6.18. The molecule has 0 saturated heterocycles. The van der Waals surface area contributed by atoms with Crippen LogP contribution in [-0.4, -0.2) is 26.8 Å². The van der Waals surface area contributed by atoms with E-state index in [-0.39, 0.29) is 5.89 Å². The number of nitrogens with two attached hydrogens (primary N) is 1. The number of thiazole rings is 1. The molecule has 0 aromatic carbocycles. The van der Waals surface area contributed by atoms with Crippen LogP contribution in [0.3, 0.4) is 0 Å². The van der Waals surface area contributed by atoms with Gasteiger partial charge in [-0.1, -0.05) is 5.16 Å². The fraction of sp³-hybridized carbons (Fsp3) is 0.500. The van der Waals surface area contributed by atoms with Crippen LogP contribution in [0.25, 0.3) is 0 Å². The van der Waals surface area contributed by atoms with Gasteiger partial charge in [-0.05, 0) is 19.9 Å². The Kier molecular flexibility index (Phi) is 3.82. The second-order valence-corrected chi connectivity index (χ2v) is 4.74. The first kappa shape index (κ1) is 12.2. The third-order valence-electron chi connectivity index (χ3n) is 2.21. The Balaban J connectivity index is 2.03. The number of rotatable bonds is 5. The molecule has 2 rings (SSSR count). The van der Waals surface area contributed by atoms with Crippen LogP contribution < -0.4 is 5.73 Å². The summed E-state index contributed by atoms with van der Waals surface area (Å²) >= 11 is 1.58. The smallest absolute Gasteiger partial charge is 0.255 e. The summed E-state index contributed by atoms with van der Waals surface area (Å²) in [5, 5.41) is 16.4. The number of aliphatic hydroxyl groups is 1. The van der Waals surface area contributed by atoms with Gasteiger partial charge in [-0.3, -0.25) is 0 Å². The monoisotopic (exact) mass is 254 g/mol. The molecule has 0 amide bonds. The van der Waals surface area contributed by atoms with Crippen LogP contribution in [0.2, 0.25) is 0 Å². The average Bonchev–Trinajstić information content (AvgIpc) is 2.89. The van der Waals surface area contributed by atoms with Crippen molar-refractivity contribution in [3.63, 3.8) is 0 Å². The molecule has 0 radical (unpaired) electrons. The molecule has 1 unspecified atom stereocenters. The maximum Gasteiger partial charge on any atom is 0.255 e. The van der Waals surface area contributed by atoms with Crippen molar-refractivity contribution in [2.24, 2.45) is 5.73 Å². The van der Waals surface area contributed by atoms with Gasteiger partial charge in [0.15, 0.2) is 5.82 Å². The Morgan fingerprint density at radius 2 is 2.35 bits per heavy atom. The van der Waals surface area contributed by atoms with Crippen molar-refractivity contribution < 1.29 is 9.63 Å². The zero-order valence-electron chi connectivity index (χ0n) is 9.46. The molecule has 3 N–H and O–H groups in total. The van der Waals surface area contributed by atoms with Crippen LogP contribution in [0.5, 0.6) is 0 Å². The second-order valence-electron chi connectivity index (χ2n) is 3.68. The fourth-order valence-electron chi connectivity index (χ4n) is 1.41. The molecule has 0 saturated carbocycles. The van der Waals surface area contributed by atoms with Gasteiger partial charge in [-0.2, -0.15) is 4.98 Å². The molecule has 2 heterocycles. The Labute approximate surface area is 102 Å². The largest absolute Gasteiger partial charge is 0.383 e. The normalized spacial score (nSPS) is 12.9. The summed E-state index contributed by atoms with van der Waals surface area (Å²) in [6.45, 7) is 2.32. The van der Waals surface area contributed by atoms with E-state index >= 15 is 0 Å². The zero-order chi connectivity index (χ0) is 12.3. The quantitative estimate of drug-likeness (QED) is 0.819. The standard InChI is InChI=1S/C10H14N4O2S/c1-6-12-7(5-17-6)4-9-13-10(16-14-9)8(15)2-3-11/h5,8,15H,2-4,11H2,1H3. The van der Waals surface area contributed by atoms with Gasteiger partial charge < -0.3 is 15.4 Å². The lowest BCUT2D eigenvalue weighted by Gasteiger charge is -2.00. The summed E-state index contributed by atoms with van der Waals surface area (Å²) in [5.74, 6) is 0.749. The number of aryl methyl sites for hydroxylation is 1. The predicted octanol–water partition coefficient (Wildman–Crippen LogP) is 0.808. The highest BCUT2D eigenvalue weighted by Gasteiger charge is 2.15. The van der Waals surface area contributed by atoms with E-state index in [2.05, 4.69) is 15.1 Å². The number of aliphatic hydroxyl groups excluding tert-OH is 1. The predicted molar refractivity (Wildman–Crippen MR) is 62.6 cm³/mol. The number of hydrogen-bond acceptors (Lipinski definition) is 7. The lowest BCUT2D eigenvalue weighted by Crippen LogP contribution is -2.07. The van der Waals surface area contributed by atoms with Crippen molar-refractivity contribution in [2.45, 2.75) is 25.9 Å². The third kappa shape index (κ3) is 3.09. The Morgan fingerprint density at radius 1 is 1.53 bits per heavy atom. The van der Waals surface area contributed by atoms with Gasteiger partial charge in [0.1, 0.15) is 6.10 Å². The van der Waals surface area contributed by atoms with Crippen LogP contribution in [-0.2, 0) is 6.42 Å².